The normalized spacial score (nSPS) is 15.7. The lowest BCUT2D eigenvalue weighted by Crippen LogP contribution is -2.43. The van der Waals surface area contributed by atoms with Crippen LogP contribution in [0, 0.1) is 0 Å². The second-order valence-electron chi connectivity index (χ2n) is 7.26. The number of carbonyl (C=O) groups is 1. The Morgan fingerprint density at radius 3 is 2.73 bits per heavy atom. The Labute approximate surface area is 180 Å². The van der Waals surface area contributed by atoms with Crippen LogP contribution in [0.1, 0.15) is 16.5 Å². The molecule has 158 valence electrons. The zero-order chi connectivity index (χ0) is 20.6. The predicted octanol–water partition coefficient (Wildman–Crippen LogP) is 2.59. The van der Waals surface area contributed by atoms with Crippen molar-refractivity contribution >= 4 is 23.1 Å². The van der Waals surface area contributed by atoms with Gasteiger partial charge < -0.3 is 15.4 Å². The lowest BCUT2D eigenvalue weighted by atomic mass is 10.1. The fraction of sp³-hybridized carbons (Fsp3) is 0.364. The first-order valence-corrected chi connectivity index (χ1v) is 11.1. The third-order valence-electron chi connectivity index (χ3n) is 5.13. The minimum Gasteiger partial charge on any atom is -0.379 e. The van der Waals surface area contributed by atoms with Gasteiger partial charge in [0.15, 0.2) is 0 Å². The van der Waals surface area contributed by atoms with E-state index in [1.165, 1.54) is 10.4 Å². The molecule has 8 heteroatoms. The molecule has 0 bridgehead atoms. The van der Waals surface area contributed by atoms with Gasteiger partial charge in [-0.05, 0) is 17.0 Å². The fourth-order valence-electron chi connectivity index (χ4n) is 3.53. The van der Waals surface area contributed by atoms with Crippen molar-refractivity contribution in [3.63, 3.8) is 0 Å². The molecule has 1 atom stereocenters. The molecule has 7 nitrogen and oxygen atoms in total. The standard InChI is InChI=1S/C22H27N5O2S/c28-22(25-21-8-9-24-27(21)16-19-7-4-14-30-19)15-23-20(18-5-2-1-3-6-18)17-26-10-12-29-13-11-26/h1-9,14,20,23H,10-13,15-17H2,(H,25,28). The first-order valence-electron chi connectivity index (χ1n) is 10.2. The monoisotopic (exact) mass is 425 g/mol. The number of anilines is 1. The maximum Gasteiger partial charge on any atom is 0.239 e. The predicted molar refractivity (Wildman–Crippen MR) is 119 cm³/mol. The molecule has 1 unspecified atom stereocenters. The molecule has 0 radical (unpaired) electrons. The quantitative estimate of drug-likeness (QED) is 0.551. The number of aromatic nitrogens is 2. The van der Waals surface area contributed by atoms with Crippen molar-refractivity contribution in [1.82, 2.24) is 20.0 Å². The van der Waals surface area contributed by atoms with Gasteiger partial charge in [0, 0.05) is 36.6 Å². The third-order valence-corrected chi connectivity index (χ3v) is 5.99. The maximum atomic E-state index is 12.6. The van der Waals surface area contributed by atoms with Crippen LogP contribution in [0.15, 0.2) is 60.1 Å². The topological polar surface area (TPSA) is 71.4 Å². The van der Waals surface area contributed by atoms with Crippen molar-refractivity contribution in [2.24, 2.45) is 0 Å². The van der Waals surface area contributed by atoms with Crippen molar-refractivity contribution in [1.29, 1.82) is 0 Å². The fourth-order valence-corrected chi connectivity index (χ4v) is 4.22. The largest absolute Gasteiger partial charge is 0.379 e. The number of thiophene rings is 1. The Balaban J connectivity index is 1.35. The van der Waals surface area contributed by atoms with E-state index in [9.17, 15) is 4.79 Å². The molecule has 3 aromatic rings. The van der Waals surface area contributed by atoms with E-state index in [2.05, 4.69) is 38.8 Å². The van der Waals surface area contributed by atoms with Gasteiger partial charge in [0.05, 0.1) is 32.5 Å². The summed E-state index contributed by atoms with van der Waals surface area (Å²) in [4.78, 5) is 16.2. The molecule has 0 spiro atoms. The summed E-state index contributed by atoms with van der Waals surface area (Å²) < 4.78 is 7.27. The molecule has 1 fully saturated rings. The number of benzene rings is 1. The van der Waals surface area contributed by atoms with Crippen LogP contribution in [-0.2, 0) is 16.1 Å². The highest BCUT2D eigenvalue weighted by Gasteiger charge is 2.19. The highest BCUT2D eigenvalue weighted by Crippen LogP contribution is 2.16. The molecule has 1 aliphatic rings. The van der Waals surface area contributed by atoms with E-state index < -0.39 is 0 Å². The third kappa shape index (κ3) is 5.76. The number of nitrogens with zero attached hydrogens (tertiary/aromatic N) is 3. The number of morpholine rings is 1. The molecule has 1 amide bonds. The van der Waals surface area contributed by atoms with Gasteiger partial charge in [0.25, 0.3) is 0 Å². The summed E-state index contributed by atoms with van der Waals surface area (Å²) in [7, 11) is 0. The van der Waals surface area contributed by atoms with E-state index in [0.29, 0.717) is 12.4 Å². The zero-order valence-corrected chi connectivity index (χ0v) is 17.7. The molecule has 2 aromatic heterocycles. The molecule has 1 aliphatic heterocycles. The Kier molecular flexibility index (Phi) is 7.25. The molecule has 0 aliphatic carbocycles. The highest BCUT2D eigenvalue weighted by molar-refractivity contribution is 7.09. The van der Waals surface area contributed by atoms with Crippen LogP contribution in [0.2, 0.25) is 0 Å². The van der Waals surface area contributed by atoms with Crippen molar-refractivity contribution in [3.8, 4) is 0 Å². The van der Waals surface area contributed by atoms with E-state index in [-0.39, 0.29) is 18.5 Å². The van der Waals surface area contributed by atoms with E-state index >= 15 is 0 Å². The lowest BCUT2D eigenvalue weighted by Gasteiger charge is -2.31. The van der Waals surface area contributed by atoms with Crippen LogP contribution < -0.4 is 10.6 Å². The average molecular weight is 426 g/mol. The van der Waals surface area contributed by atoms with Gasteiger partial charge in [-0.2, -0.15) is 5.10 Å². The van der Waals surface area contributed by atoms with Gasteiger partial charge in [-0.15, -0.1) is 11.3 Å². The zero-order valence-electron chi connectivity index (χ0n) is 16.9. The maximum absolute atomic E-state index is 12.6. The summed E-state index contributed by atoms with van der Waals surface area (Å²) in [6, 6.07) is 16.3. The molecule has 1 aromatic carbocycles. The number of amides is 1. The summed E-state index contributed by atoms with van der Waals surface area (Å²) in [6.45, 7) is 5.08. The molecular weight excluding hydrogens is 398 g/mol. The summed E-state index contributed by atoms with van der Waals surface area (Å²) in [5, 5.41) is 12.8. The number of rotatable bonds is 9. The number of carbonyl (C=O) groups excluding carboxylic acids is 1. The molecule has 30 heavy (non-hydrogen) atoms. The van der Waals surface area contributed by atoms with Crippen LogP contribution in [0.3, 0.4) is 0 Å². The van der Waals surface area contributed by atoms with Crippen LogP contribution >= 0.6 is 11.3 Å². The molecule has 3 heterocycles. The Hall–Kier alpha value is -2.52. The summed E-state index contributed by atoms with van der Waals surface area (Å²) in [5.41, 5.74) is 1.18. The summed E-state index contributed by atoms with van der Waals surface area (Å²) in [6.07, 6.45) is 1.71. The van der Waals surface area contributed by atoms with Crippen molar-refractivity contribution < 1.29 is 9.53 Å². The first-order chi connectivity index (χ1) is 14.8. The SMILES string of the molecule is O=C(CNC(CN1CCOCC1)c1ccccc1)Nc1ccnn1Cc1cccs1. The lowest BCUT2D eigenvalue weighted by molar-refractivity contribution is -0.115. The van der Waals surface area contributed by atoms with Gasteiger partial charge in [-0.3, -0.25) is 9.69 Å². The second-order valence-corrected chi connectivity index (χ2v) is 8.29. The second kappa shape index (κ2) is 10.5. The summed E-state index contributed by atoms with van der Waals surface area (Å²) in [5.74, 6) is 0.630. The molecular formula is C22H27N5O2S. The van der Waals surface area contributed by atoms with Crippen molar-refractivity contribution in [3.05, 3.63) is 70.5 Å². The van der Waals surface area contributed by atoms with Crippen LogP contribution in [-0.4, -0.2) is 60.0 Å². The van der Waals surface area contributed by atoms with Gasteiger partial charge in [-0.25, -0.2) is 4.68 Å². The number of hydrogen-bond acceptors (Lipinski definition) is 6. The van der Waals surface area contributed by atoms with Gasteiger partial charge in [0.2, 0.25) is 5.91 Å². The number of ether oxygens (including phenoxy) is 1. The van der Waals surface area contributed by atoms with Crippen LogP contribution in [0.25, 0.3) is 0 Å². The van der Waals surface area contributed by atoms with Crippen LogP contribution in [0.4, 0.5) is 5.82 Å². The average Bonchev–Trinajstić information content (AvgIpc) is 3.45. The van der Waals surface area contributed by atoms with Crippen molar-refractivity contribution in [2.45, 2.75) is 12.6 Å². The Bertz CT molecular complexity index is 907. The van der Waals surface area contributed by atoms with E-state index in [0.717, 1.165) is 32.8 Å². The number of nitrogens with one attached hydrogen (secondary N) is 2. The van der Waals surface area contributed by atoms with E-state index in [1.54, 1.807) is 17.5 Å². The number of hydrogen-bond donors (Lipinski definition) is 2. The minimum atomic E-state index is -0.0779. The molecule has 0 saturated carbocycles. The molecule has 2 N–H and O–H groups in total. The Morgan fingerprint density at radius 2 is 1.97 bits per heavy atom. The minimum absolute atomic E-state index is 0.0751. The molecule has 1 saturated heterocycles. The van der Waals surface area contributed by atoms with Gasteiger partial charge >= 0.3 is 0 Å². The van der Waals surface area contributed by atoms with E-state index in [4.69, 9.17) is 4.74 Å². The smallest absolute Gasteiger partial charge is 0.239 e. The molecule has 4 rings (SSSR count). The summed E-state index contributed by atoms with van der Waals surface area (Å²) >= 11 is 1.68. The highest BCUT2D eigenvalue weighted by atomic mass is 32.1. The first kappa shape index (κ1) is 20.7. The van der Waals surface area contributed by atoms with Gasteiger partial charge in [-0.1, -0.05) is 36.4 Å². The van der Waals surface area contributed by atoms with Gasteiger partial charge in [0.1, 0.15) is 5.82 Å². The van der Waals surface area contributed by atoms with Crippen LogP contribution in [0.5, 0.6) is 0 Å². The van der Waals surface area contributed by atoms with E-state index in [1.807, 2.05) is 40.4 Å². The Morgan fingerprint density at radius 1 is 1.13 bits per heavy atom. The van der Waals surface area contributed by atoms with Crippen molar-refractivity contribution in [2.75, 3.05) is 44.7 Å².